The van der Waals surface area contributed by atoms with Gasteiger partial charge in [-0.2, -0.15) is 0 Å². The van der Waals surface area contributed by atoms with Gasteiger partial charge in [-0.3, -0.25) is 14.7 Å². The highest BCUT2D eigenvalue weighted by atomic mass is 79.9. The van der Waals surface area contributed by atoms with Gasteiger partial charge in [0, 0.05) is 12.4 Å². The van der Waals surface area contributed by atoms with Gasteiger partial charge in [0.2, 0.25) is 0 Å². The first-order valence-corrected chi connectivity index (χ1v) is 11.7. The minimum absolute atomic E-state index is 0.142. The number of hydrogen-bond donors (Lipinski definition) is 0. The molecule has 2 aromatic carbocycles. The fourth-order valence-corrected chi connectivity index (χ4v) is 5.01. The number of hydrogen-bond acceptors (Lipinski definition) is 6. The lowest BCUT2D eigenvalue weighted by molar-refractivity contribution is -0.113. The number of nitrogens with zero attached hydrogens (tertiary/aromatic N) is 2. The topological polar surface area (TPSA) is 51.7 Å². The zero-order valence-electron chi connectivity index (χ0n) is 17.4. The van der Waals surface area contributed by atoms with Crippen molar-refractivity contribution in [2.45, 2.75) is 13.5 Å². The van der Waals surface area contributed by atoms with E-state index in [1.54, 1.807) is 24.4 Å². The van der Waals surface area contributed by atoms with Gasteiger partial charge in [0.15, 0.2) is 15.8 Å². The molecule has 5 nitrogen and oxygen atoms in total. The van der Waals surface area contributed by atoms with Crippen molar-refractivity contribution >= 4 is 61.9 Å². The van der Waals surface area contributed by atoms with Crippen LogP contribution in [-0.4, -0.2) is 22.3 Å². The number of amides is 1. The van der Waals surface area contributed by atoms with Gasteiger partial charge >= 0.3 is 0 Å². The van der Waals surface area contributed by atoms with Crippen molar-refractivity contribution in [3.63, 3.8) is 0 Å². The lowest BCUT2D eigenvalue weighted by atomic mass is 10.1. The molecule has 0 unspecified atom stereocenters. The predicted molar refractivity (Wildman–Crippen MR) is 136 cm³/mol. The number of carbonyl (C=O) groups is 1. The summed E-state index contributed by atoms with van der Waals surface area (Å²) in [6, 6.07) is 15.2. The third kappa shape index (κ3) is 4.87. The summed E-state index contributed by atoms with van der Waals surface area (Å²) in [5.41, 5.74) is 3.69. The summed E-state index contributed by atoms with van der Waals surface area (Å²) >= 11 is 10.3. The molecule has 0 radical (unpaired) electrons. The summed E-state index contributed by atoms with van der Waals surface area (Å²) in [6.45, 7) is 2.38. The van der Waals surface area contributed by atoms with E-state index < -0.39 is 0 Å². The van der Waals surface area contributed by atoms with E-state index in [9.17, 15) is 4.79 Å². The van der Waals surface area contributed by atoms with Crippen molar-refractivity contribution in [1.82, 2.24) is 4.98 Å². The zero-order chi connectivity index (χ0) is 22.7. The van der Waals surface area contributed by atoms with Crippen molar-refractivity contribution < 1.29 is 14.3 Å². The Morgan fingerprint density at radius 3 is 2.56 bits per heavy atom. The van der Waals surface area contributed by atoms with E-state index in [4.69, 9.17) is 21.7 Å². The maximum absolute atomic E-state index is 13.0. The van der Waals surface area contributed by atoms with Gasteiger partial charge in [0.05, 0.1) is 22.2 Å². The van der Waals surface area contributed by atoms with E-state index in [2.05, 4.69) is 20.9 Å². The number of halogens is 1. The molecule has 162 valence electrons. The molecule has 0 bridgehead atoms. The minimum Gasteiger partial charge on any atom is -0.493 e. The Labute approximate surface area is 204 Å². The molecular weight excluding hydrogens is 508 g/mol. The number of rotatable bonds is 6. The summed E-state index contributed by atoms with van der Waals surface area (Å²) in [6.07, 6.45) is 5.26. The van der Waals surface area contributed by atoms with E-state index in [0.29, 0.717) is 27.3 Å². The van der Waals surface area contributed by atoms with Crippen LogP contribution in [0.3, 0.4) is 0 Å². The van der Waals surface area contributed by atoms with Gasteiger partial charge in [-0.05, 0) is 76.5 Å². The molecule has 2 heterocycles. The van der Waals surface area contributed by atoms with Crippen molar-refractivity contribution in [3.05, 3.63) is 87.0 Å². The van der Waals surface area contributed by atoms with Crippen molar-refractivity contribution in [2.75, 3.05) is 12.0 Å². The molecule has 0 atom stereocenters. The lowest BCUT2D eigenvalue weighted by Gasteiger charge is -2.15. The third-order valence-electron chi connectivity index (χ3n) is 4.77. The fourth-order valence-electron chi connectivity index (χ4n) is 3.13. The Kier molecular flexibility index (Phi) is 6.93. The number of ether oxygens (including phenoxy) is 2. The summed E-state index contributed by atoms with van der Waals surface area (Å²) in [7, 11) is 1.59. The molecule has 0 N–H and O–H groups in total. The van der Waals surface area contributed by atoms with Crippen molar-refractivity contribution in [3.8, 4) is 11.5 Å². The minimum atomic E-state index is -0.142. The normalized spacial score (nSPS) is 14.8. The van der Waals surface area contributed by atoms with Crippen LogP contribution in [0.25, 0.3) is 6.08 Å². The first-order valence-electron chi connectivity index (χ1n) is 9.70. The van der Waals surface area contributed by atoms with Gasteiger partial charge in [-0.1, -0.05) is 41.7 Å². The average Bonchev–Trinajstić information content (AvgIpc) is 3.06. The molecule has 32 heavy (non-hydrogen) atoms. The van der Waals surface area contributed by atoms with Crippen LogP contribution in [0.4, 0.5) is 5.69 Å². The van der Waals surface area contributed by atoms with Gasteiger partial charge in [-0.25, -0.2) is 0 Å². The van der Waals surface area contributed by atoms with Gasteiger partial charge in [0.1, 0.15) is 6.61 Å². The molecule has 0 saturated carbocycles. The number of thiocarbonyl (C=S) groups is 1. The van der Waals surface area contributed by atoms with Gasteiger partial charge in [-0.15, -0.1) is 0 Å². The molecule has 1 aliphatic heterocycles. The summed E-state index contributed by atoms with van der Waals surface area (Å²) in [4.78, 5) is 19.2. The first kappa shape index (κ1) is 22.5. The first-order chi connectivity index (χ1) is 15.5. The van der Waals surface area contributed by atoms with Crippen LogP contribution in [0, 0.1) is 6.92 Å². The molecule has 8 heteroatoms. The quantitative estimate of drug-likeness (QED) is 0.283. The van der Waals surface area contributed by atoms with Gasteiger partial charge in [0.25, 0.3) is 5.91 Å². The monoisotopic (exact) mass is 526 g/mol. The molecule has 1 aliphatic rings. The predicted octanol–water partition coefficient (Wildman–Crippen LogP) is 6.15. The Morgan fingerprint density at radius 1 is 1.16 bits per heavy atom. The summed E-state index contributed by atoms with van der Waals surface area (Å²) < 4.78 is 12.8. The molecule has 0 aliphatic carbocycles. The standard InChI is InChI=1S/C24H19BrN2O3S2/c1-15-3-5-18(6-4-15)27-23(28)21(32-24(27)31)13-17-11-19(25)22(20(12-17)29-2)30-14-16-7-9-26-10-8-16/h3-13H,14H2,1-2H3/b21-13+. The van der Waals surface area contributed by atoms with E-state index in [1.807, 2.05) is 61.5 Å². The number of aromatic nitrogens is 1. The molecule has 4 rings (SSSR count). The number of methoxy groups -OCH3 is 1. The number of pyridine rings is 1. The summed E-state index contributed by atoms with van der Waals surface area (Å²) in [5.74, 6) is 1.01. The molecule has 1 amide bonds. The maximum Gasteiger partial charge on any atom is 0.270 e. The lowest BCUT2D eigenvalue weighted by Crippen LogP contribution is -2.27. The highest BCUT2D eigenvalue weighted by molar-refractivity contribution is 9.10. The van der Waals surface area contributed by atoms with Crippen LogP contribution in [0.15, 0.2) is 70.3 Å². The highest BCUT2D eigenvalue weighted by Gasteiger charge is 2.33. The van der Waals surface area contributed by atoms with E-state index >= 15 is 0 Å². The maximum atomic E-state index is 13.0. The number of carbonyl (C=O) groups excluding carboxylic acids is 1. The highest BCUT2D eigenvalue weighted by Crippen LogP contribution is 2.40. The Hall–Kier alpha value is -2.68. The SMILES string of the molecule is COc1cc(/C=C2/SC(=S)N(c3ccc(C)cc3)C2=O)cc(Br)c1OCc1ccncc1. The van der Waals surface area contributed by atoms with Crippen molar-refractivity contribution in [2.24, 2.45) is 0 Å². The fraction of sp³-hybridized carbons (Fsp3) is 0.125. The van der Waals surface area contributed by atoms with Crippen molar-refractivity contribution in [1.29, 1.82) is 0 Å². The number of thioether (sulfide) groups is 1. The number of aryl methyl sites for hydroxylation is 1. The van der Waals surface area contributed by atoms with Crippen LogP contribution in [-0.2, 0) is 11.4 Å². The largest absolute Gasteiger partial charge is 0.493 e. The Morgan fingerprint density at radius 2 is 1.88 bits per heavy atom. The van der Waals surface area contributed by atoms with Crippen LogP contribution < -0.4 is 14.4 Å². The van der Waals surface area contributed by atoms with Crippen LogP contribution in [0.2, 0.25) is 0 Å². The third-order valence-corrected chi connectivity index (χ3v) is 6.66. The molecule has 1 fully saturated rings. The van der Waals surface area contributed by atoms with Crippen LogP contribution in [0.5, 0.6) is 11.5 Å². The molecule has 1 saturated heterocycles. The molecule has 0 spiro atoms. The molecule has 3 aromatic rings. The van der Waals surface area contributed by atoms with Crippen LogP contribution >= 0.6 is 39.9 Å². The Balaban J connectivity index is 1.58. The smallest absolute Gasteiger partial charge is 0.270 e. The number of benzene rings is 2. The Bertz CT molecular complexity index is 1200. The van der Waals surface area contributed by atoms with E-state index in [-0.39, 0.29) is 5.91 Å². The second kappa shape index (κ2) is 9.85. The van der Waals surface area contributed by atoms with E-state index in [0.717, 1.165) is 26.9 Å². The molecule has 1 aromatic heterocycles. The molecular formula is C24H19BrN2O3S2. The zero-order valence-corrected chi connectivity index (χ0v) is 20.6. The van der Waals surface area contributed by atoms with Crippen LogP contribution in [0.1, 0.15) is 16.7 Å². The summed E-state index contributed by atoms with van der Waals surface area (Å²) in [5, 5.41) is 0. The van der Waals surface area contributed by atoms with E-state index in [1.165, 1.54) is 11.8 Å². The average molecular weight is 527 g/mol. The second-order valence-corrected chi connectivity index (χ2v) is 9.56. The second-order valence-electron chi connectivity index (χ2n) is 7.03. The van der Waals surface area contributed by atoms with Gasteiger partial charge < -0.3 is 9.47 Å². The number of anilines is 1.